The lowest BCUT2D eigenvalue weighted by atomic mass is 9.84. The molecule has 2 aliphatic heterocycles. The highest BCUT2D eigenvalue weighted by Gasteiger charge is 2.47. The van der Waals surface area contributed by atoms with Gasteiger partial charge in [-0.1, -0.05) is 42.5 Å². The van der Waals surface area contributed by atoms with Crippen LogP contribution in [0.15, 0.2) is 48.5 Å². The maximum absolute atomic E-state index is 13.2. The number of imide groups is 2. The van der Waals surface area contributed by atoms with Gasteiger partial charge in [0.1, 0.15) is 5.92 Å². The number of fused-ring (bicyclic) bond motifs is 1. The SMILES string of the molecule is Cc1ccccc1N1C(=O)NC(=O)C(C2NCCc3ccccc32)C1=O. The molecule has 2 N–H and O–H groups in total. The van der Waals surface area contributed by atoms with Gasteiger partial charge in [0.2, 0.25) is 11.8 Å². The van der Waals surface area contributed by atoms with Crippen LogP contribution in [0.2, 0.25) is 0 Å². The molecule has 2 aromatic rings. The Kier molecular flexibility index (Phi) is 4.05. The standard InChI is InChI=1S/C20H19N3O3/c1-12-6-2-5-9-15(12)23-19(25)16(18(24)22-20(23)26)17-14-8-4-3-7-13(14)10-11-21-17/h2-9,16-17,21H,10-11H2,1H3,(H,22,24,26). The largest absolute Gasteiger partial charge is 0.335 e. The third-order valence-electron chi connectivity index (χ3n) is 5.04. The van der Waals surface area contributed by atoms with E-state index in [9.17, 15) is 14.4 Å². The Balaban J connectivity index is 1.76. The summed E-state index contributed by atoms with van der Waals surface area (Å²) in [5.74, 6) is -2.05. The van der Waals surface area contributed by atoms with Crippen molar-refractivity contribution in [3.05, 3.63) is 65.2 Å². The number of benzene rings is 2. The van der Waals surface area contributed by atoms with Crippen LogP contribution in [-0.4, -0.2) is 24.4 Å². The smallest absolute Gasteiger partial charge is 0.308 e. The molecule has 0 aromatic heterocycles. The minimum absolute atomic E-state index is 0.452. The van der Waals surface area contributed by atoms with E-state index in [4.69, 9.17) is 0 Å². The van der Waals surface area contributed by atoms with Crippen LogP contribution in [0.5, 0.6) is 0 Å². The second-order valence-electron chi connectivity index (χ2n) is 6.61. The molecule has 26 heavy (non-hydrogen) atoms. The third kappa shape index (κ3) is 2.59. The van der Waals surface area contributed by atoms with Crippen LogP contribution in [0.1, 0.15) is 22.7 Å². The molecule has 2 heterocycles. The second kappa shape index (κ2) is 6.38. The number of carbonyl (C=O) groups is 3. The number of hydrogen-bond donors (Lipinski definition) is 2. The number of barbiturate groups is 1. The van der Waals surface area contributed by atoms with Gasteiger partial charge in [-0.2, -0.15) is 0 Å². The molecular weight excluding hydrogens is 330 g/mol. The number of amides is 4. The van der Waals surface area contributed by atoms with Gasteiger partial charge >= 0.3 is 6.03 Å². The van der Waals surface area contributed by atoms with E-state index < -0.39 is 29.8 Å². The van der Waals surface area contributed by atoms with E-state index in [-0.39, 0.29) is 0 Å². The predicted octanol–water partition coefficient (Wildman–Crippen LogP) is 2.08. The molecule has 0 bridgehead atoms. The predicted molar refractivity (Wildman–Crippen MR) is 96.6 cm³/mol. The minimum atomic E-state index is -0.992. The normalized spacial score (nSPS) is 22.8. The monoisotopic (exact) mass is 349 g/mol. The van der Waals surface area contributed by atoms with Crippen molar-refractivity contribution in [2.45, 2.75) is 19.4 Å². The highest BCUT2D eigenvalue weighted by molar-refractivity contribution is 6.28. The Hall–Kier alpha value is -2.99. The number of hydrogen-bond acceptors (Lipinski definition) is 4. The molecular formula is C20H19N3O3. The zero-order valence-electron chi connectivity index (χ0n) is 14.4. The number of nitrogens with one attached hydrogen (secondary N) is 2. The molecule has 4 amide bonds. The molecule has 6 heteroatoms. The average molecular weight is 349 g/mol. The van der Waals surface area contributed by atoms with E-state index in [0.717, 1.165) is 28.0 Å². The van der Waals surface area contributed by atoms with E-state index in [2.05, 4.69) is 10.6 Å². The van der Waals surface area contributed by atoms with E-state index in [1.807, 2.05) is 43.3 Å². The van der Waals surface area contributed by atoms with Crippen molar-refractivity contribution >= 4 is 23.5 Å². The van der Waals surface area contributed by atoms with Crippen LogP contribution in [0.3, 0.4) is 0 Å². The topological polar surface area (TPSA) is 78.5 Å². The summed E-state index contributed by atoms with van der Waals surface area (Å²) >= 11 is 0. The lowest BCUT2D eigenvalue weighted by molar-refractivity contribution is -0.135. The van der Waals surface area contributed by atoms with Crippen LogP contribution in [0.25, 0.3) is 0 Å². The zero-order chi connectivity index (χ0) is 18.3. The summed E-state index contributed by atoms with van der Waals surface area (Å²) in [4.78, 5) is 39.3. The first-order chi connectivity index (χ1) is 12.6. The van der Waals surface area contributed by atoms with Gasteiger partial charge < -0.3 is 5.32 Å². The van der Waals surface area contributed by atoms with Crippen molar-refractivity contribution in [2.24, 2.45) is 5.92 Å². The van der Waals surface area contributed by atoms with E-state index >= 15 is 0 Å². The molecule has 2 atom stereocenters. The molecule has 2 aromatic carbocycles. The lowest BCUT2D eigenvalue weighted by Gasteiger charge is -2.37. The number of para-hydroxylation sites is 1. The number of carbonyl (C=O) groups excluding carboxylic acids is 3. The van der Waals surface area contributed by atoms with Crippen LogP contribution >= 0.6 is 0 Å². The summed E-state index contributed by atoms with van der Waals surface area (Å²) in [6.45, 7) is 2.51. The minimum Gasteiger partial charge on any atom is -0.308 e. The lowest BCUT2D eigenvalue weighted by Crippen LogP contribution is -2.61. The molecule has 2 unspecified atom stereocenters. The summed E-state index contributed by atoms with van der Waals surface area (Å²) < 4.78 is 0. The molecule has 1 saturated heterocycles. The Morgan fingerprint density at radius 1 is 1.00 bits per heavy atom. The van der Waals surface area contributed by atoms with Gasteiger partial charge in [-0.3, -0.25) is 14.9 Å². The molecule has 0 aliphatic carbocycles. The van der Waals surface area contributed by atoms with Gasteiger partial charge in [0.15, 0.2) is 0 Å². The number of nitrogens with zero attached hydrogens (tertiary/aromatic N) is 1. The summed E-state index contributed by atoms with van der Waals surface area (Å²) in [5, 5.41) is 5.64. The van der Waals surface area contributed by atoms with Crippen molar-refractivity contribution in [2.75, 3.05) is 11.4 Å². The van der Waals surface area contributed by atoms with E-state index in [1.54, 1.807) is 12.1 Å². The molecule has 6 nitrogen and oxygen atoms in total. The van der Waals surface area contributed by atoms with Gasteiger partial charge in [0.25, 0.3) is 0 Å². The zero-order valence-corrected chi connectivity index (χ0v) is 14.4. The van der Waals surface area contributed by atoms with Crippen molar-refractivity contribution in [1.29, 1.82) is 0 Å². The van der Waals surface area contributed by atoms with Crippen molar-refractivity contribution in [1.82, 2.24) is 10.6 Å². The quantitative estimate of drug-likeness (QED) is 0.814. The molecule has 1 fully saturated rings. The molecule has 0 saturated carbocycles. The molecule has 2 aliphatic rings. The fourth-order valence-electron chi connectivity index (χ4n) is 3.76. The molecule has 0 radical (unpaired) electrons. The fourth-order valence-corrected chi connectivity index (χ4v) is 3.76. The third-order valence-corrected chi connectivity index (χ3v) is 5.04. The van der Waals surface area contributed by atoms with Crippen molar-refractivity contribution in [3.8, 4) is 0 Å². The van der Waals surface area contributed by atoms with Gasteiger partial charge in [0, 0.05) is 0 Å². The molecule has 0 spiro atoms. The Morgan fingerprint density at radius 2 is 1.73 bits per heavy atom. The number of anilines is 1. The first-order valence-electron chi connectivity index (χ1n) is 8.63. The number of rotatable bonds is 2. The Bertz CT molecular complexity index is 909. The number of urea groups is 1. The summed E-state index contributed by atoms with van der Waals surface area (Å²) in [5.41, 5.74) is 3.35. The molecule has 132 valence electrons. The van der Waals surface area contributed by atoms with Crippen LogP contribution in [-0.2, 0) is 16.0 Å². The van der Waals surface area contributed by atoms with Crippen LogP contribution < -0.4 is 15.5 Å². The van der Waals surface area contributed by atoms with E-state index in [0.29, 0.717) is 12.2 Å². The van der Waals surface area contributed by atoms with E-state index in [1.165, 1.54) is 0 Å². The Labute approximate surface area is 151 Å². The molecule has 4 rings (SSSR count). The van der Waals surface area contributed by atoms with Crippen molar-refractivity contribution < 1.29 is 14.4 Å². The van der Waals surface area contributed by atoms with Crippen molar-refractivity contribution in [3.63, 3.8) is 0 Å². The second-order valence-corrected chi connectivity index (χ2v) is 6.61. The fraction of sp³-hybridized carbons (Fsp3) is 0.250. The highest BCUT2D eigenvalue weighted by Crippen LogP contribution is 2.33. The summed E-state index contributed by atoms with van der Waals surface area (Å²) in [7, 11) is 0. The van der Waals surface area contributed by atoms with Gasteiger partial charge in [-0.05, 0) is 42.6 Å². The number of aryl methyl sites for hydroxylation is 1. The average Bonchev–Trinajstić information content (AvgIpc) is 2.63. The summed E-state index contributed by atoms with van der Waals surface area (Å²) in [6.07, 6.45) is 0.843. The highest BCUT2D eigenvalue weighted by atomic mass is 16.2. The first kappa shape index (κ1) is 16.5. The van der Waals surface area contributed by atoms with Gasteiger partial charge in [-0.25, -0.2) is 9.69 Å². The van der Waals surface area contributed by atoms with Gasteiger partial charge in [-0.15, -0.1) is 0 Å². The van der Waals surface area contributed by atoms with Crippen LogP contribution in [0.4, 0.5) is 10.5 Å². The maximum Gasteiger partial charge on any atom is 0.335 e. The van der Waals surface area contributed by atoms with Crippen LogP contribution in [0, 0.1) is 12.8 Å². The maximum atomic E-state index is 13.2. The Morgan fingerprint density at radius 3 is 2.54 bits per heavy atom. The first-order valence-corrected chi connectivity index (χ1v) is 8.63. The van der Waals surface area contributed by atoms with Gasteiger partial charge in [0.05, 0.1) is 11.7 Å². The summed E-state index contributed by atoms with van der Waals surface area (Å²) in [6, 6.07) is 13.8.